The molecule has 2 N–H and O–H groups in total. The van der Waals surface area contributed by atoms with Gasteiger partial charge in [-0.1, -0.05) is 23.7 Å². The molecule has 10 nitrogen and oxygen atoms in total. The summed E-state index contributed by atoms with van der Waals surface area (Å²) in [6.45, 7) is 7.49. The number of likely N-dealkylation sites (N-methyl/N-ethyl adjacent to an activating group) is 1. The molecule has 3 aliphatic rings. The van der Waals surface area contributed by atoms with Crippen LogP contribution in [-0.4, -0.2) is 95.7 Å². The third-order valence-electron chi connectivity index (χ3n) is 8.41. The number of hydrogen-bond donors (Lipinski definition) is 2. The topological polar surface area (TPSA) is 89.1 Å². The molecule has 1 atom stereocenters. The largest absolute Gasteiger partial charge is 0.494 e. The van der Waals surface area contributed by atoms with E-state index in [9.17, 15) is 4.21 Å². The second kappa shape index (κ2) is 13.0. The van der Waals surface area contributed by atoms with Crippen molar-refractivity contribution in [2.24, 2.45) is 0 Å². The van der Waals surface area contributed by atoms with Crippen molar-refractivity contribution >= 4 is 57.1 Å². The number of aromatic nitrogens is 2. The Hall–Kier alpha value is -3.12. The molecule has 0 amide bonds. The number of hydrogen-bond acceptors (Lipinski definition) is 9. The van der Waals surface area contributed by atoms with Gasteiger partial charge in [-0.05, 0) is 50.6 Å². The zero-order valence-corrected chi connectivity index (χ0v) is 25.8. The lowest BCUT2D eigenvalue weighted by Gasteiger charge is -2.42. The maximum Gasteiger partial charge on any atom is 0.229 e. The molecule has 0 radical (unpaired) electrons. The van der Waals surface area contributed by atoms with Gasteiger partial charge in [0.25, 0.3) is 0 Å². The number of ether oxygens (including phenoxy) is 1. The van der Waals surface area contributed by atoms with Crippen LogP contribution >= 0.6 is 11.6 Å². The van der Waals surface area contributed by atoms with Crippen molar-refractivity contribution in [2.45, 2.75) is 25.3 Å². The summed E-state index contributed by atoms with van der Waals surface area (Å²) in [6, 6.07) is 14.7. The highest BCUT2D eigenvalue weighted by atomic mass is 35.5. The molecule has 3 aliphatic heterocycles. The van der Waals surface area contributed by atoms with Crippen LogP contribution < -0.4 is 24.6 Å². The van der Waals surface area contributed by atoms with E-state index < -0.39 is 11.0 Å². The summed E-state index contributed by atoms with van der Waals surface area (Å²) in [7, 11) is 2.85. The Bertz CT molecular complexity index is 1410. The standard InChI is InChI=1S/C30H39ClN8O2S/c1-36-15-17-38(18-16-36)22-10-13-37(14-11-22)23-8-9-26(28(20-23)41-2)34-30-32-21-24(31)29(35-30)33-25-6-3-4-7-27(25)39-12-5-19-42(39)40/h3-4,6-9,20-22H,5,10-19H2,1-2H3,(H2,32,33,34,35). The Kier molecular flexibility index (Phi) is 8.99. The van der Waals surface area contributed by atoms with Gasteiger partial charge in [0.05, 0.1) is 30.4 Å². The van der Waals surface area contributed by atoms with Gasteiger partial charge in [0.2, 0.25) is 5.95 Å². The summed E-state index contributed by atoms with van der Waals surface area (Å²) in [5.74, 6) is 2.25. The molecule has 1 aromatic heterocycles. The predicted octanol–water partition coefficient (Wildman–Crippen LogP) is 4.72. The van der Waals surface area contributed by atoms with Gasteiger partial charge < -0.3 is 25.2 Å². The van der Waals surface area contributed by atoms with Gasteiger partial charge in [-0.2, -0.15) is 4.98 Å². The van der Waals surface area contributed by atoms with E-state index in [1.165, 1.54) is 25.9 Å². The quantitative estimate of drug-likeness (QED) is 0.376. The van der Waals surface area contributed by atoms with Crippen molar-refractivity contribution < 1.29 is 8.95 Å². The zero-order chi connectivity index (χ0) is 29.1. The lowest BCUT2D eigenvalue weighted by atomic mass is 10.0. The van der Waals surface area contributed by atoms with E-state index in [2.05, 4.69) is 54.5 Å². The molecule has 0 spiro atoms. The minimum absolute atomic E-state index is 0.389. The number of anilines is 6. The Morgan fingerprint density at radius 2 is 1.76 bits per heavy atom. The number of nitrogens with zero attached hydrogens (tertiary/aromatic N) is 6. The first kappa shape index (κ1) is 29.0. The Labute approximate surface area is 255 Å². The molecule has 3 aromatic rings. The summed E-state index contributed by atoms with van der Waals surface area (Å²) in [6.07, 6.45) is 4.83. The molecule has 4 heterocycles. The van der Waals surface area contributed by atoms with E-state index in [0.717, 1.165) is 67.6 Å². The van der Waals surface area contributed by atoms with E-state index in [1.54, 1.807) is 13.3 Å². The van der Waals surface area contributed by atoms with E-state index in [1.807, 2.05) is 34.6 Å². The van der Waals surface area contributed by atoms with Gasteiger partial charge in [-0.15, -0.1) is 0 Å². The molecule has 0 bridgehead atoms. The van der Waals surface area contributed by atoms with Crippen LogP contribution in [0.25, 0.3) is 0 Å². The fraction of sp³-hybridized carbons (Fsp3) is 0.467. The molecule has 12 heteroatoms. The third-order valence-corrected chi connectivity index (χ3v) is 10.2. The lowest BCUT2D eigenvalue weighted by molar-refractivity contribution is 0.0982. The minimum Gasteiger partial charge on any atom is -0.494 e. The average Bonchev–Trinajstić information content (AvgIpc) is 3.45. The van der Waals surface area contributed by atoms with E-state index in [-0.39, 0.29) is 0 Å². The highest BCUT2D eigenvalue weighted by Gasteiger charge is 2.27. The number of piperidine rings is 1. The normalized spacial score (nSPS) is 20.6. The van der Waals surface area contributed by atoms with Crippen molar-refractivity contribution in [3.63, 3.8) is 0 Å². The van der Waals surface area contributed by atoms with Gasteiger partial charge in [-0.3, -0.25) is 9.21 Å². The number of halogens is 1. The van der Waals surface area contributed by atoms with Crippen molar-refractivity contribution in [3.05, 3.63) is 53.7 Å². The highest BCUT2D eigenvalue weighted by Crippen LogP contribution is 2.36. The van der Waals surface area contributed by atoms with Crippen LogP contribution in [0.15, 0.2) is 48.7 Å². The minimum atomic E-state index is -1.03. The van der Waals surface area contributed by atoms with E-state index in [0.29, 0.717) is 28.6 Å². The van der Waals surface area contributed by atoms with Crippen LogP contribution in [0, 0.1) is 0 Å². The summed E-state index contributed by atoms with van der Waals surface area (Å²) < 4.78 is 20.2. The maximum atomic E-state index is 12.5. The number of rotatable bonds is 8. The summed E-state index contributed by atoms with van der Waals surface area (Å²) in [4.78, 5) is 16.6. The van der Waals surface area contributed by atoms with Crippen molar-refractivity contribution in [2.75, 3.05) is 85.6 Å². The van der Waals surface area contributed by atoms with Crippen LogP contribution in [0.2, 0.25) is 5.02 Å². The Morgan fingerprint density at radius 1 is 0.976 bits per heavy atom. The van der Waals surface area contributed by atoms with E-state index >= 15 is 0 Å². The van der Waals surface area contributed by atoms with Gasteiger partial charge in [0, 0.05) is 69.4 Å². The second-order valence-electron chi connectivity index (χ2n) is 11.1. The van der Waals surface area contributed by atoms with E-state index in [4.69, 9.17) is 16.3 Å². The summed E-state index contributed by atoms with van der Waals surface area (Å²) in [5.41, 5.74) is 3.58. The number of nitrogens with one attached hydrogen (secondary N) is 2. The molecular weight excluding hydrogens is 572 g/mol. The number of benzene rings is 2. The van der Waals surface area contributed by atoms with Crippen LogP contribution in [0.5, 0.6) is 5.75 Å². The number of methoxy groups -OCH3 is 1. The number of piperazine rings is 1. The first-order valence-electron chi connectivity index (χ1n) is 14.7. The fourth-order valence-electron chi connectivity index (χ4n) is 5.99. The molecule has 3 saturated heterocycles. The average molecular weight is 611 g/mol. The Morgan fingerprint density at radius 3 is 2.50 bits per heavy atom. The smallest absolute Gasteiger partial charge is 0.229 e. The molecule has 6 rings (SSSR count). The molecular formula is C30H39ClN8O2S. The molecule has 3 fully saturated rings. The predicted molar refractivity (Wildman–Crippen MR) is 172 cm³/mol. The third kappa shape index (κ3) is 6.44. The summed E-state index contributed by atoms with van der Waals surface area (Å²) >= 11 is 6.50. The molecule has 42 heavy (non-hydrogen) atoms. The first-order chi connectivity index (χ1) is 20.5. The van der Waals surface area contributed by atoms with Gasteiger partial charge in [0.1, 0.15) is 21.8 Å². The highest BCUT2D eigenvalue weighted by molar-refractivity contribution is 7.86. The summed E-state index contributed by atoms with van der Waals surface area (Å²) in [5, 5.41) is 7.02. The van der Waals surface area contributed by atoms with Crippen LogP contribution in [0.1, 0.15) is 19.3 Å². The monoisotopic (exact) mass is 610 g/mol. The fourth-order valence-corrected chi connectivity index (χ4v) is 7.44. The molecule has 224 valence electrons. The Balaban J connectivity index is 1.13. The molecule has 0 saturated carbocycles. The van der Waals surface area contributed by atoms with Crippen molar-refractivity contribution in [1.82, 2.24) is 19.8 Å². The SMILES string of the molecule is COc1cc(N2CCC(N3CCN(C)CC3)CC2)ccc1Nc1ncc(Cl)c(Nc2ccccc2N2CCCS2=O)n1. The number of para-hydroxylation sites is 2. The van der Waals surface area contributed by atoms with Crippen LogP contribution in [-0.2, 0) is 11.0 Å². The molecule has 1 unspecified atom stereocenters. The lowest BCUT2D eigenvalue weighted by Crippen LogP contribution is -2.52. The second-order valence-corrected chi connectivity index (χ2v) is 13.0. The van der Waals surface area contributed by atoms with Gasteiger partial charge in [-0.25, -0.2) is 9.19 Å². The van der Waals surface area contributed by atoms with Crippen molar-refractivity contribution in [3.8, 4) is 5.75 Å². The van der Waals surface area contributed by atoms with Crippen LogP contribution in [0.4, 0.5) is 34.5 Å². The van der Waals surface area contributed by atoms with Gasteiger partial charge >= 0.3 is 0 Å². The van der Waals surface area contributed by atoms with Crippen molar-refractivity contribution in [1.29, 1.82) is 0 Å². The molecule has 2 aromatic carbocycles. The van der Waals surface area contributed by atoms with Crippen LogP contribution in [0.3, 0.4) is 0 Å². The maximum absolute atomic E-state index is 12.5. The first-order valence-corrected chi connectivity index (χ1v) is 16.3. The van der Waals surface area contributed by atoms with Gasteiger partial charge in [0.15, 0.2) is 5.82 Å². The zero-order valence-electron chi connectivity index (χ0n) is 24.3. The molecule has 0 aliphatic carbocycles.